The first-order valence-electron chi connectivity index (χ1n) is 5.52. The van der Waals surface area contributed by atoms with Crippen LogP contribution in [0.25, 0.3) is 0 Å². The zero-order valence-corrected chi connectivity index (χ0v) is 9.65. The fraction of sp³-hybridized carbons (Fsp3) is 0.273. The normalized spacial score (nSPS) is 10.2. The molecule has 94 valence electrons. The Kier molecular flexibility index (Phi) is 3.85. The highest BCUT2D eigenvalue weighted by molar-refractivity contribution is 5.94. The van der Waals surface area contributed by atoms with Crippen molar-refractivity contribution in [3.05, 3.63) is 36.4 Å². The Morgan fingerprint density at radius 2 is 2.33 bits per heavy atom. The highest BCUT2D eigenvalue weighted by atomic mass is 16.3. The first-order chi connectivity index (χ1) is 8.75. The van der Waals surface area contributed by atoms with Crippen molar-refractivity contribution in [3.63, 3.8) is 0 Å². The van der Waals surface area contributed by atoms with Gasteiger partial charge in [-0.25, -0.2) is 0 Å². The molecule has 0 spiro atoms. The fourth-order valence-corrected chi connectivity index (χ4v) is 1.45. The lowest BCUT2D eigenvalue weighted by Gasteiger charge is -2.05. The molecule has 7 heteroatoms. The Balaban J connectivity index is 1.75. The zero-order valence-electron chi connectivity index (χ0n) is 9.65. The molecule has 0 aromatic carbocycles. The molecule has 0 aliphatic rings. The van der Waals surface area contributed by atoms with E-state index in [1.807, 2.05) is 0 Å². The van der Waals surface area contributed by atoms with Crippen molar-refractivity contribution in [2.45, 2.75) is 13.0 Å². The van der Waals surface area contributed by atoms with E-state index < -0.39 is 0 Å². The number of carbonyl (C=O) groups excluding carboxylic acids is 1. The molecule has 0 radical (unpaired) electrons. The smallest absolute Gasteiger partial charge is 0.252 e. The molecule has 2 rings (SSSR count). The van der Waals surface area contributed by atoms with Gasteiger partial charge in [0.25, 0.3) is 5.91 Å². The summed E-state index contributed by atoms with van der Waals surface area (Å²) < 4.78 is 1.70. The van der Waals surface area contributed by atoms with Crippen LogP contribution in [0.2, 0.25) is 0 Å². The molecule has 2 N–H and O–H groups in total. The topological polar surface area (TPSA) is 92.9 Å². The summed E-state index contributed by atoms with van der Waals surface area (Å²) >= 11 is 0. The predicted octanol–water partition coefficient (Wildman–Crippen LogP) is 0.199. The lowest BCUT2D eigenvalue weighted by atomic mass is 10.2. The van der Waals surface area contributed by atoms with Crippen LogP contribution >= 0.6 is 0 Å². The van der Waals surface area contributed by atoms with Crippen LogP contribution in [0.3, 0.4) is 0 Å². The molecule has 0 aliphatic carbocycles. The highest BCUT2D eigenvalue weighted by Crippen LogP contribution is 2.07. The third-order valence-electron chi connectivity index (χ3n) is 2.31. The van der Waals surface area contributed by atoms with Crippen molar-refractivity contribution in [2.24, 2.45) is 0 Å². The molecule has 0 atom stereocenters. The standard InChI is InChI=1S/C11H13N5O2/c17-10-6-9(7-12-8-10)11(18)13-2-1-4-16-5-3-14-15-16/h3,5-8,17H,1-2,4H2,(H,13,18). The van der Waals surface area contributed by atoms with Gasteiger partial charge in [0.1, 0.15) is 5.75 Å². The molecule has 7 nitrogen and oxygen atoms in total. The molecule has 1 amide bonds. The summed E-state index contributed by atoms with van der Waals surface area (Å²) in [5.74, 6) is -0.276. The summed E-state index contributed by atoms with van der Waals surface area (Å²) in [5.41, 5.74) is 0.343. The van der Waals surface area contributed by atoms with E-state index in [1.54, 1.807) is 17.1 Å². The largest absolute Gasteiger partial charge is 0.506 e. The first kappa shape index (κ1) is 12.0. The number of amides is 1. The molecule has 2 aromatic heterocycles. The Morgan fingerprint density at radius 3 is 3.06 bits per heavy atom. The minimum Gasteiger partial charge on any atom is -0.506 e. The molecule has 0 saturated carbocycles. The lowest BCUT2D eigenvalue weighted by Crippen LogP contribution is -2.25. The zero-order chi connectivity index (χ0) is 12.8. The summed E-state index contributed by atoms with van der Waals surface area (Å²) in [6.45, 7) is 1.22. The maximum absolute atomic E-state index is 11.7. The summed E-state index contributed by atoms with van der Waals surface area (Å²) in [4.78, 5) is 15.4. The second-order valence-corrected chi connectivity index (χ2v) is 3.71. The molecular weight excluding hydrogens is 234 g/mol. The Hall–Kier alpha value is -2.44. The molecule has 18 heavy (non-hydrogen) atoms. The number of aryl methyl sites for hydroxylation is 1. The van der Waals surface area contributed by atoms with Crippen molar-refractivity contribution < 1.29 is 9.90 Å². The van der Waals surface area contributed by atoms with Crippen LogP contribution in [0.15, 0.2) is 30.9 Å². The number of aromatic hydroxyl groups is 1. The maximum Gasteiger partial charge on any atom is 0.252 e. The molecule has 0 bridgehead atoms. The van der Waals surface area contributed by atoms with Gasteiger partial charge in [-0.3, -0.25) is 14.5 Å². The van der Waals surface area contributed by atoms with Gasteiger partial charge in [0.15, 0.2) is 0 Å². The van der Waals surface area contributed by atoms with Gasteiger partial charge in [0, 0.05) is 25.5 Å². The van der Waals surface area contributed by atoms with E-state index in [0.29, 0.717) is 18.7 Å². The molecular formula is C11H13N5O2. The van der Waals surface area contributed by atoms with Crippen LogP contribution in [0.5, 0.6) is 5.75 Å². The van der Waals surface area contributed by atoms with E-state index in [0.717, 1.165) is 6.42 Å². The Morgan fingerprint density at radius 1 is 1.44 bits per heavy atom. The van der Waals surface area contributed by atoms with Gasteiger partial charge in [-0.15, -0.1) is 5.10 Å². The molecule has 0 fully saturated rings. The van der Waals surface area contributed by atoms with Gasteiger partial charge < -0.3 is 10.4 Å². The van der Waals surface area contributed by atoms with Gasteiger partial charge in [-0.1, -0.05) is 5.21 Å². The number of carbonyl (C=O) groups is 1. The van der Waals surface area contributed by atoms with E-state index in [4.69, 9.17) is 0 Å². The molecule has 0 saturated heterocycles. The average Bonchev–Trinajstić information content (AvgIpc) is 2.87. The van der Waals surface area contributed by atoms with Gasteiger partial charge in [0.05, 0.1) is 18.0 Å². The van der Waals surface area contributed by atoms with Crippen molar-refractivity contribution >= 4 is 5.91 Å². The number of nitrogens with one attached hydrogen (secondary N) is 1. The first-order valence-corrected chi connectivity index (χ1v) is 5.52. The lowest BCUT2D eigenvalue weighted by molar-refractivity contribution is 0.0952. The van der Waals surface area contributed by atoms with Crippen molar-refractivity contribution in [1.29, 1.82) is 0 Å². The van der Waals surface area contributed by atoms with Crippen molar-refractivity contribution in [3.8, 4) is 5.75 Å². The van der Waals surface area contributed by atoms with E-state index in [-0.39, 0.29) is 11.7 Å². The molecule has 2 heterocycles. The third-order valence-corrected chi connectivity index (χ3v) is 2.31. The van der Waals surface area contributed by atoms with Crippen LogP contribution in [0.4, 0.5) is 0 Å². The van der Waals surface area contributed by atoms with Crippen LogP contribution in [0, 0.1) is 0 Å². The minimum atomic E-state index is -0.253. The van der Waals surface area contributed by atoms with Gasteiger partial charge in [-0.05, 0) is 12.5 Å². The summed E-state index contributed by atoms with van der Waals surface area (Å²) in [5, 5.41) is 19.4. The van der Waals surface area contributed by atoms with Gasteiger partial charge >= 0.3 is 0 Å². The average molecular weight is 247 g/mol. The monoisotopic (exact) mass is 247 g/mol. The number of hydrogen-bond donors (Lipinski definition) is 2. The van der Waals surface area contributed by atoms with Crippen LogP contribution in [0.1, 0.15) is 16.8 Å². The quantitative estimate of drug-likeness (QED) is 0.736. The summed E-state index contributed by atoms with van der Waals surface area (Å²) in [7, 11) is 0. The van der Waals surface area contributed by atoms with Crippen molar-refractivity contribution in [1.82, 2.24) is 25.3 Å². The van der Waals surface area contributed by atoms with Crippen LogP contribution < -0.4 is 5.32 Å². The SMILES string of the molecule is O=C(NCCCn1ccnn1)c1cncc(O)c1. The summed E-state index contributed by atoms with van der Waals surface area (Å²) in [6, 6.07) is 1.37. The van der Waals surface area contributed by atoms with Crippen LogP contribution in [-0.4, -0.2) is 37.5 Å². The molecule has 2 aromatic rings. The van der Waals surface area contributed by atoms with Gasteiger partial charge in [0.2, 0.25) is 0 Å². The van der Waals surface area contributed by atoms with E-state index >= 15 is 0 Å². The number of rotatable bonds is 5. The number of nitrogens with zero attached hydrogens (tertiary/aromatic N) is 4. The third kappa shape index (κ3) is 3.27. The van der Waals surface area contributed by atoms with E-state index in [9.17, 15) is 9.90 Å². The fourth-order valence-electron chi connectivity index (χ4n) is 1.45. The maximum atomic E-state index is 11.7. The van der Waals surface area contributed by atoms with E-state index in [2.05, 4.69) is 20.6 Å². The predicted molar refractivity (Wildman–Crippen MR) is 62.9 cm³/mol. The minimum absolute atomic E-state index is 0.0229. The molecule has 0 unspecified atom stereocenters. The highest BCUT2D eigenvalue weighted by Gasteiger charge is 2.05. The number of pyridine rings is 1. The molecule has 0 aliphatic heterocycles. The van der Waals surface area contributed by atoms with Gasteiger partial charge in [-0.2, -0.15) is 0 Å². The second kappa shape index (κ2) is 5.76. The summed E-state index contributed by atoms with van der Waals surface area (Å²) in [6.07, 6.45) is 6.81. The number of hydrogen-bond acceptors (Lipinski definition) is 5. The van der Waals surface area contributed by atoms with Crippen LogP contribution in [-0.2, 0) is 6.54 Å². The Labute approximate surface area is 103 Å². The second-order valence-electron chi connectivity index (χ2n) is 3.71. The van der Waals surface area contributed by atoms with Crippen molar-refractivity contribution in [2.75, 3.05) is 6.54 Å². The van der Waals surface area contributed by atoms with E-state index in [1.165, 1.54) is 18.5 Å². The number of aromatic nitrogens is 4. The Bertz CT molecular complexity index is 512.